The van der Waals surface area contributed by atoms with Crippen LogP contribution in [-0.2, 0) is 0 Å². The molecule has 2 nitrogen and oxygen atoms in total. The zero-order valence-electron chi connectivity index (χ0n) is 7.58. The summed E-state index contributed by atoms with van der Waals surface area (Å²) in [4.78, 5) is 2.41. The highest BCUT2D eigenvalue weighted by molar-refractivity contribution is 4.78. The normalized spacial score (nSPS) is 34.1. The third-order valence-corrected chi connectivity index (χ3v) is 2.73. The first-order chi connectivity index (χ1) is 5.25. The molecule has 0 aromatic carbocycles. The summed E-state index contributed by atoms with van der Waals surface area (Å²) in [7, 11) is 0. The lowest BCUT2D eigenvalue weighted by molar-refractivity contribution is 0.0804. The van der Waals surface area contributed by atoms with Crippen LogP contribution in [-0.4, -0.2) is 35.2 Å². The van der Waals surface area contributed by atoms with Gasteiger partial charge in [-0.3, -0.25) is 4.90 Å². The van der Waals surface area contributed by atoms with Gasteiger partial charge in [0, 0.05) is 18.6 Å². The minimum Gasteiger partial charge on any atom is -0.395 e. The molecule has 0 radical (unpaired) electrons. The first-order valence-electron chi connectivity index (χ1n) is 4.62. The number of β-amino-alcohol motifs (C(OH)–C–C–N with tert-alkyl or cyclic N) is 1. The number of rotatable bonds is 2. The molecule has 0 unspecified atom stereocenters. The fraction of sp³-hybridized carbons (Fsp3) is 1.00. The van der Waals surface area contributed by atoms with E-state index in [1.165, 1.54) is 19.3 Å². The van der Waals surface area contributed by atoms with E-state index in [4.69, 9.17) is 5.11 Å². The first kappa shape index (κ1) is 9.01. The Morgan fingerprint density at radius 2 is 1.82 bits per heavy atom. The molecule has 1 saturated heterocycles. The molecule has 0 amide bonds. The Morgan fingerprint density at radius 1 is 1.27 bits per heavy atom. The van der Waals surface area contributed by atoms with Gasteiger partial charge >= 0.3 is 0 Å². The summed E-state index contributed by atoms with van der Waals surface area (Å²) in [5.41, 5.74) is 0. The van der Waals surface area contributed by atoms with Crippen LogP contribution in [0.15, 0.2) is 0 Å². The maximum absolute atomic E-state index is 8.81. The summed E-state index contributed by atoms with van der Waals surface area (Å²) in [5, 5.41) is 8.81. The lowest BCUT2D eigenvalue weighted by Crippen LogP contribution is -2.44. The largest absolute Gasteiger partial charge is 0.395 e. The highest BCUT2D eigenvalue weighted by Crippen LogP contribution is 2.21. The van der Waals surface area contributed by atoms with Crippen LogP contribution < -0.4 is 0 Å². The quantitative estimate of drug-likeness (QED) is 0.652. The topological polar surface area (TPSA) is 23.5 Å². The third kappa shape index (κ3) is 2.17. The minimum absolute atomic E-state index is 0.300. The smallest absolute Gasteiger partial charge is 0.0558 e. The molecule has 0 bridgehead atoms. The fourth-order valence-corrected chi connectivity index (χ4v) is 2.03. The summed E-state index contributed by atoms with van der Waals surface area (Å²) in [5.74, 6) is 0. The van der Waals surface area contributed by atoms with Crippen LogP contribution in [0.25, 0.3) is 0 Å². The third-order valence-electron chi connectivity index (χ3n) is 2.73. The van der Waals surface area contributed by atoms with Gasteiger partial charge in [-0.05, 0) is 26.7 Å². The van der Waals surface area contributed by atoms with Crippen molar-refractivity contribution in [3.63, 3.8) is 0 Å². The van der Waals surface area contributed by atoms with Crippen LogP contribution in [0.4, 0.5) is 0 Å². The van der Waals surface area contributed by atoms with Gasteiger partial charge in [0.05, 0.1) is 6.61 Å². The van der Waals surface area contributed by atoms with E-state index in [0.717, 1.165) is 6.54 Å². The van der Waals surface area contributed by atoms with E-state index in [2.05, 4.69) is 18.7 Å². The molecular formula is C9H19NO. The highest BCUT2D eigenvalue weighted by atomic mass is 16.3. The molecule has 2 heteroatoms. The van der Waals surface area contributed by atoms with Gasteiger partial charge in [0.25, 0.3) is 0 Å². The second kappa shape index (κ2) is 4.07. The zero-order chi connectivity index (χ0) is 8.27. The summed E-state index contributed by atoms with van der Waals surface area (Å²) < 4.78 is 0. The average molecular weight is 157 g/mol. The van der Waals surface area contributed by atoms with Gasteiger partial charge in [-0.15, -0.1) is 0 Å². The van der Waals surface area contributed by atoms with Crippen molar-refractivity contribution in [3.8, 4) is 0 Å². The lowest BCUT2D eigenvalue weighted by atomic mass is 9.98. The molecule has 2 atom stereocenters. The molecule has 0 aromatic heterocycles. The minimum atomic E-state index is 0.300. The summed E-state index contributed by atoms with van der Waals surface area (Å²) in [6, 6.07) is 1.34. The first-order valence-corrected chi connectivity index (χ1v) is 4.62. The van der Waals surface area contributed by atoms with Crippen molar-refractivity contribution in [2.24, 2.45) is 0 Å². The van der Waals surface area contributed by atoms with Crippen LogP contribution in [0.5, 0.6) is 0 Å². The van der Waals surface area contributed by atoms with Gasteiger partial charge in [0.2, 0.25) is 0 Å². The van der Waals surface area contributed by atoms with Crippen LogP contribution in [0.1, 0.15) is 33.1 Å². The second-order valence-corrected chi connectivity index (χ2v) is 3.59. The number of aliphatic hydroxyl groups excluding tert-OH is 1. The number of nitrogens with zero attached hydrogens (tertiary/aromatic N) is 1. The monoisotopic (exact) mass is 157 g/mol. The Labute approximate surface area is 69.2 Å². The Balaban J connectivity index is 2.41. The van der Waals surface area contributed by atoms with Gasteiger partial charge in [0.15, 0.2) is 0 Å². The molecule has 1 aliphatic rings. The van der Waals surface area contributed by atoms with Crippen molar-refractivity contribution in [2.45, 2.75) is 45.2 Å². The molecule has 0 spiro atoms. The number of hydrogen-bond acceptors (Lipinski definition) is 2. The van der Waals surface area contributed by atoms with Crippen LogP contribution in [0.2, 0.25) is 0 Å². The Hall–Kier alpha value is -0.0800. The standard InChI is InChI=1S/C9H19NO/c1-8-4-3-5-9(2)10(8)6-7-11/h8-9,11H,3-7H2,1-2H3/t8-,9-/m0/s1. The Bertz CT molecular complexity index is 106. The zero-order valence-corrected chi connectivity index (χ0v) is 7.58. The number of piperidine rings is 1. The SMILES string of the molecule is C[C@H]1CCC[C@H](C)N1CCO. The van der Waals surface area contributed by atoms with Gasteiger partial charge < -0.3 is 5.11 Å². The van der Waals surface area contributed by atoms with E-state index in [1.807, 2.05) is 0 Å². The van der Waals surface area contributed by atoms with Crippen molar-refractivity contribution in [3.05, 3.63) is 0 Å². The van der Waals surface area contributed by atoms with E-state index >= 15 is 0 Å². The summed E-state index contributed by atoms with van der Waals surface area (Å²) >= 11 is 0. The van der Waals surface area contributed by atoms with Gasteiger partial charge in [-0.2, -0.15) is 0 Å². The van der Waals surface area contributed by atoms with Crippen molar-refractivity contribution >= 4 is 0 Å². The lowest BCUT2D eigenvalue weighted by Gasteiger charge is -2.38. The van der Waals surface area contributed by atoms with Crippen molar-refractivity contribution in [2.75, 3.05) is 13.2 Å². The molecule has 1 fully saturated rings. The van der Waals surface area contributed by atoms with Crippen molar-refractivity contribution in [1.29, 1.82) is 0 Å². The predicted molar refractivity (Wildman–Crippen MR) is 46.6 cm³/mol. The summed E-state index contributed by atoms with van der Waals surface area (Å²) in [6.07, 6.45) is 3.94. The Morgan fingerprint density at radius 3 is 2.27 bits per heavy atom. The molecule has 0 aliphatic carbocycles. The molecule has 1 N–H and O–H groups in total. The van der Waals surface area contributed by atoms with Crippen molar-refractivity contribution < 1.29 is 5.11 Å². The van der Waals surface area contributed by atoms with E-state index < -0.39 is 0 Å². The maximum atomic E-state index is 8.81. The molecule has 0 aromatic rings. The van der Waals surface area contributed by atoms with Gasteiger partial charge in [-0.1, -0.05) is 6.42 Å². The summed E-state index contributed by atoms with van der Waals surface area (Å²) in [6.45, 7) is 5.66. The second-order valence-electron chi connectivity index (χ2n) is 3.59. The molecule has 1 rings (SSSR count). The molecule has 0 saturated carbocycles. The Kier molecular flexibility index (Phi) is 3.34. The maximum Gasteiger partial charge on any atom is 0.0558 e. The van der Waals surface area contributed by atoms with E-state index in [0.29, 0.717) is 18.7 Å². The van der Waals surface area contributed by atoms with E-state index in [9.17, 15) is 0 Å². The average Bonchev–Trinajstić information content (AvgIpc) is 1.97. The number of hydrogen-bond donors (Lipinski definition) is 1. The van der Waals surface area contributed by atoms with Crippen LogP contribution in [0.3, 0.4) is 0 Å². The molecular weight excluding hydrogens is 138 g/mol. The van der Waals surface area contributed by atoms with Gasteiger partial charge in [-0.25, -0.2) is 0 Å². The molecule has 1 aliphatic heterocycles. The van der Waals surface area contributed by atoms with Crippen LogP contribution >= 0.6 is 0 Å². The molecule has 66 valence electrons. The molecule has 1 heterocycles. The fourth-order valence-electron chi connectivity index (χ4n) is 2.03. The van der Waals surface area contributed by atoms with E-state index in [-0.39, 0.29) is 0 Å². The molecule has 11 heavy (non-hydrogen) atoms. The highest BCUT2D eigenvalue weighted by Gasteiger charge is 2.23. The van der Waals surface area contributed by atoms with E-state index in [1.54, 1.807) is 0 Å². The number of likely N-dealkylation sites (tertiary alicyclic amines) is 1. The van der Waals surface area contributed by atoms with Gasteiger partial charge in [0.1, 0.15) is 0 Å². The predicted octanol–water partition coefficient (Wildman–Crippen LogP) is 1.24. The van der Waals surface area contributed by atoms with Crippen LogP contribution in [0, 0.1) is 0 Å². The number of aliphatic hydroxyl groups is 1. The van der Waals surface area contributed by atoms with Crippen molar-refractivity contribution in [1.82, 2.24) is 4.90 Å².